The summed E-state index contributed by atoms with van der Waals surface area (Å²) < 4.78 is 31.3. The number of carbonyl (C=O) groups is 1. The summed E-state index contributed by atoms with van der Waals surface area (Å²) >= 11 is 6.27. The first-order valence-corrected chi connectivity index (χ1v) is 10.9. The summed E-state index contributed by atoms with van der Waals surface area (Å²) in [6, 6.07) is 17.5. The Balaban J connectivity index is 1.63. The van der Waals surface area contributed by atoms with Crippen LogP contribution in [0.15, 0.2) is 72.1 Å². The van der Waals surface area contributed by atoms with Gasteiger partial charge in [-0.05, 0) is 48.9 Å². The molecule has 1 heterocycles. The molecule has 1 aliphatic heterocycles. The normalized spacial score (nSPS) is 14.6. The lowest BCUT2D eigenvalue weighted by molar-refractivity contribution is 0.0734. The molecule has 1 aliphatic rings. The van der Waals surface area contributed by atoms with E-state index in [-0.39, 0.29) is 33.5 Å². The zero-order valence-electron chi connectivity index (χ0n) is 18.2. The van der Waals surface area contributed by atoms with Crippen LogP contribution < -0.4 is 19.9 Å². The van der Waals surface area contributed by atoms with Crippen molar-refractivity contribution in [2.75, 3.05) is 6.61 Å². The van der Waals surface area contributed by atoms with Gasteiger partial charge in [0.15, 0.2) is 0 Å². The van der Waals surface area contributed by atoms with Gasteiger partial charge in [0.2, 0.25) is 5.88 Å². The highest BCUT2D eigenvalue weighted by molar-refractivity contribution is 6.31. The molecule has 0 fully saturated rings. The highest BCUT2D eigenvalue weighted by Gasteiger charge is 2.34. The van der Waals surface area contributed by atoms with Crippen molar-refractivity contribution in [3.05, 3.63) is 99.7 Å². The van der Waals surface area contributed by atoms with Crippen molar-refractivity contribution in [1.82, 2.24) is 0 Å². The van der Waals surface area contributed by atoms with Crippen LogP contribution >= 0.6 is 11.6 Å². The molecule has 0 aliphatic carbocycles. The molecule has 0 saturated carbocycles. The van der Waals surface area contributed by atoms with Crippen LogP contribution in [0.4, 0.5) is 4.39 Å². The third kappa shape index (κ3) is 4.54. The second-order valence-corrected chi connectivity index (χ2v) is 7.93. The van der Waals surface area contributed by atoms with Gasteiger partial charge < -0.3 is 19.9 Å². The van der Waals surface area contributed by atoms with Gasteiger partial charge in [-0.2, -0.15) is 5.26 Å². The summed E-state index contributed by atoms with van der Waals surface area (Å²) in [5.74, 6) is -1.11. The van der Waals surface area contributed by atoms with E-state index in [0.29, 0.717) is 23.5 Å². The number of hydrogen-bond donors (Lipinski definition) is 1. The van der Waals surface area contributed by atoms with E-state index in [1.165, 1.54) is 30.3 Å². The Morgan fingerprint density at radius 3 is 2.59 bits per heavy atom. The molecule has 172 valence electrons. The monoisotopic (exact) mass is 478 g/mol. The fourth-order valence-electron chi connectivity index (χ4n) is 3.66. The Labute approximate surface area is 200 Å². The van der Waals surface area contributed by atoms with Crippen LogP contribution in [0.3, 0.4) is 0 Å². The molecule has 0 saturated heterocycles. The van der Waals surface area contributed by atoms with E-state index in [0.717, 1.165) is 6.42 Å². The number of benzene rings is 3. The number of esters is 1. The van der Waals surface area contributed by atoms with Gasteiger partial charge in [0.1, 0.15) is 34.7 Å². The molecule has 0 spiro atoms. The number of nitrogens with zero attached hydrogens (tertiary/aromatic N) is 1. The van der Waals surface area contributed by atoms with Crippen molar-refractivity contribution < 1.29 is 23.4 Å². The van der Waals surface area contributed by atoms with Crippen LogP contribution in [0.25, 0.3) is 0 Å². The maximum atomic E-state index is 14.7. The molecule has 0 amide bonds. The first-order valence-electron chi connectivity index (χ1n) is 10.5. The van der Waals surface area contributed by atoms with Gasteiger partial charge in [-0.25, -0.2) is 9.18 Å². The van der Waals surface area contributed by atoms with E-state index < -0.39 is 17.7 Å². The third-order valence-electron chi connectivity index (χ3n) is 5.25. The maximum absolute atomic E-state index is 14.7. The molecular weight excluding hydrogens is 459 g/mol. The molecular formula is C26H20ClFN2O4. The van der Waals surface area contributed by atoms with Crippen molar-refractivity contribution in [2.45, 2.75) is 19.3 Å². The molecule has 8 heteroatoms. The third-order valence-corrected chi connectivity index (χ3v) is 5.58. The van der Waals surface area contributed by atoms with E-state index >= 15 is 0 Å². The molecule has 34 heavy (non-hydrogen) atoms. The Morgan fingerprint density at radius 2 is 1.91 bits per heavy atom. The van der Waals surface area contributed by atoms with Crippen molar-refractivity contribution in [2.24, 2.45) is 5.73 Å². The lowest BCUT2D eigenvalue weighted by atomic mass is 9.83. The highest BCUT2D eigenvalue weighted by atomic mass is 35.5. The number of rotatable bonds is 6. The van der Waals surface area contributed by atoms with Crippen LogP contribution in [0.5, 0.6) is 17.2 Å². The maximum Gasteiger partial charge on any atom is 0.343 e. The van der Waals surface area contributed by atoms with E-state index in [2.05, 4.69) is 0 Å². The number of hydrogen-bond acceptors (Lipinski definition) is 6. The molecule has 0 bridgehead atoms. The fraction of sp³-hybridized carbons (Fsp3) is 0.154. The number of nitriles is 1. The van der Waals surface area contributed by atoms with Crippen LogP contribution in [0.1, 0.15) is 40.7 Å². The number of nitrogens with two attached hydrogens (primary N) is 1. The van der Waals surface area contributed by atoms with Gasteiger partial charge in [-0.15, -0.1) is 0 Å². The Bertz CT molecular complexity index is 1300. The Hall–Kier alpha value is -4.02. The molecule has 6 nitrogen and oxygen atoms in total. The highest BCUT2D eigenvalue weighted by Crippen LogP contribution is 2.46. The lowest BCUT2D eigenvalue weighted by Crippen LogP contribution is -2.22. The minimum absolute atomic E-state index is 0.0367. The summed E-state index contributed by atoms with van der Waals surface area (Å²) in [5.41, 5.74) is 6.93. The van der Waals surface area contributed by atoms with E-state index in [1.807, 2.05) is 13.0 Å². The number of carbonyl (C=O) groups excluding carboxylic acids is 1. The molecule has 2 N–H and O–H groups in total. The molecule has 1 unspecified atom stereocenters. The first-order chi connectivity index (χ1) is 16.4. The van der Waals surface area contributed by atoms with Crippen LogP contribution in [-0.2, 0) is 0 Å². The average Bonchev–Trinajstić information content (AvgIpc) is 2.82. The second kappa shape index (κ2) is 9.86. The average molecular weight is 479 g/mol. The zero-order valence-corrected chi connectivity index (χ0v) is 18.9. The standard InChI is InChI=1S/C26H20ClFN2O4/c1-2-12-32-16-8-6-15(7-9-16)26(31)33-17-10-11-18-22(13-17)34-25(30)19(14-29)23(18)24-20(27)4-3-5-21(24)28/h3-11,13,23H,2,12,30H2,1H3. The van der Waals surface area contributed by atoms with Crippen molar-refractivity contribution in [1.29, 1.82) is 5.26 Å². The van der Waals surface area contributed by atoms with Gasteiger partial charge >= 0.3 is 5.97 Å². The van der Waals surface area contributed by atoms with Gasteiger partial charge in [-0.3, -0.25) is 0 Å². The van der Waals surface area contributed by atoms with E-state index in [1.54, 1.807) is 30.3 Å². The van der Waals surface area contributed by atoms with Gasteiger partial charge in [0.25, 0.3) is 0 Å². The van der Waals surface area contributed by atoms with E-state index in [4.69, 9.17) is 31.5 Å². The van der Waals surface area contributed by atoms with E-state index in [9.17, 15) is 14.4 Å². The largest absolute Gasteiger partial charge is 0.494 e. The number of fused-ring (bicyclic) bond motifs is 1. The van der Waals surface area contributed by atoms with Crippen LogP contribution in [0.2, 0.25) is 5.02 Å². The summed E-state index contributed by atoms with van der Waals surface area (Å²) in [6.07, 6.45) is 0.879. The molecule has 3 aromatic rings. The molecule has 0 aromatic heterocycles. The summed E-state index contributed by atoms with van der Waals surface area (Å²) in [4.78, 5) is 12.6. The Morgan fingerprint density at radius 1 is 1.18 bits per heavy atom. The smallest absolute Gasteiger partial charge is 0.343 e. The summed E-state index contributed by atoms with van der Waals surface area (Å²) in [6.45, 7) is 2.59. The second-order valence-electron chi connectivity index (χ2n) is 7.52. The van der Waals surface area contributed by atoms with Crippen molar-refractivity contribution >= 4 is 17.6 Å². The Kier molecular flexibility index (Phi) is 6.71. The number of halogens is 2. The fourth-order valence-corrected chi connectivity index (χ4v) is 3.93. The SMILES string of the molecule is CCCOc1ccc(C(=O)Oc2ccc3c(c2)OC(N)=C(C#N)C3c2c(F)cccc2Cl)cc1. The van der Waals surface area contributed by atoms with Crippen LogP contribution in [0, 0.1) is 17.1 Å². The predicted molar refractivity (Wildman–Crippen MR) is 124 cm³/mol. The van der Waals surface area contributed by atoms with Crippen molar-refractivity contribution in [3.63, 3.8) is 0 Å². The molecule has 0 radical (unpaired) electrons. The first kappa shape index (κ1) is 23.1. The molecule has 1 atom stereocenters. The lowest BCUT2D eigenvalue weighted by Gasteiger charge is -2.27. The number of ether oxygens (including phenoxy) is 3. The van der Waals surface area contributed by atoms with Gasteiger partial charge in [-0.1, -0.05) is 30.7 Å². The van der Waals surface area contributed by atoms with Crippen LogP contribution in [-0.4, -0.2) is 12.6 Å². The number of allylic oxidation sites excluding steroid dienone is 1. The topological polar surface area (TPSA) is 94.6 Å². The summed E-state index contributed by atoms with van der Waals surface area (Å²) in [7, 11) is 0. The quantitative estimate of drug-likeness (QED) is 0.360. The predicted octanol–water partition coefficient (Wildman–Crippen LogP) is 5.71. The zero-order chi connectivity index (χ0) is 24.2. The van der Waals surface area contributed by atoms with Gasteiger partial charge in [0, 0.05) is 22.2 Å². The van der Waals surface area contributed by atoms with Gasteiger partial charge in [0.05, 0.1) is 18.1 Å². The molecule has 3 aromatic carbocycles. The minimum Gasteiger partial charge on any atom is -0.494 e. The molecule has 4 rings (SSSR count). The van der Waals surface area contributed by atoms with Crippen molar-refractivity contribution in [3.8, 4) is 23.3 Å². The summed E-state index contributed by atoms with van der Waals surface area (Å²) in [5, 5.41) is 9.81. The minimum atomic E-state index is -0.872.